The third-order valence-corrected chi connectivity index (χ3v) is 5.44. The molecule has 0 saturated carbocycles. The molecular weight excluding hydrogens is 430 g/mol. The fraction of sp³-hybridized carbons (Fsp3) is 0.360. The van der Waals surface area contributed by atoms with Crippen LogP contribution in [0.25, 0.3) is 5.76 Å². The van der Waals surface area contributed by atoms with Gasteiger partial charge in [-0.15, -0.1) is 0 Å². The Kier molecular flexibility index (Phi) is 7.46. The maximum atomic E-state index is 13.0. The Labute approximate surface area is 193 Å². The van der Waals surface area contributed by atoms with Crippen molar-refractivity contribution < 1.29 is 24.2 Å². The predicted octanol–water partition coefficient (Wildman–Crippen LogP) is 5.22. The topological polar surface area (TPSA) is 76.1 Å². The summed E-state index contributed by atoms with van der Waals surface area (Å²) in [6.45, 7) is 7.03. The first-order valence-electron chi connectivity index (χ1n) is 10.6. The first kappa shape index (κ1) is 23.7. The summed E-state index contributed by atoms with van der Waals surface area (Å²) in [4.78, 5) is 27.3. The van der Waals surface area contributed by atoms with E-state index in [4.69, 9.17) is 21.1 Å². The van der Waals surface area contributed by atoms with Gasteiger partial charge in [-0.25, -0.2) is 0 Å². The number of likely N-dealkylation sites (tertiary alicyclic amines) is 1. The smallest absolute Gasteiger partial charge is 0.295 e. The Bertz CT molecular complexity index is 1030. The lowest BCUT2D eigenvalue weighted by molar-refractivity contribution is -0.139. The van der Waals surface area contributed by atoms with Crippen LogP contribution in [0, 0.1) is 5.92 Å². The number of ether oxygens (including phenoxy) is 2. The van der Waals surface area contributed by atoms with Gasteiger partial charge in [0.15, 0.2) is 0 Å². The molecule has 1 heterocycles. The number of halogens is 1. The highest BCUT2D eigenvalue weighted by Crippen LogP contribution is 2.41. The van der Waals surface area contributed by atoms with Crippen molar-refractivity contribution in [2.24, 2.45) is 5.92 Å². The van der Waals surface area contributed by atoms with Gasteiger partial charge in [-0.05, 0) is 48.2 Å². The number of Topliss-reactive ketones (excluding diaryl/α,β-unsaturated/α-hetero) is 1. The highest BCUT2D eigenvalue weighted by molar-refractivity contribution is 6.46. The van der Waals surface area contributed by atoms with Gasteiger partial charge in [0.1, 0.15) is 17.3 Å². The number of hydrogen-bond acceptors (Lipinski definition) is 5. The van der Waals surface area contributed by atoms with Gasteiger partial charge in [-0.2, -0.15) is 0 Å². The zero-order chi connectivity index (χ0) is 23.4. The number of carbonyl (C=O) groups is 2. The molecule has 3 rings (SSSR count). The third kappa shape index (κ3) is 4.75. The second-order valence-electron chi connectivity index (χ2n) is 8.11. The summed E-state index contributed by atoms with van der Waals surface area (Å²) in [5.41, 5.74) is 0.980. The first-order valence-corrected chi connectivity index (χ1v) is 11.0. The molecule has 1 aliphatic heterocycles. The van der Waals surface area contributed by atoms with E-state index in [0.717, 1.165) is 0 Å². The highest BCUT2D eigenvalue weighted by atomic mass is 35.5. The van der Waals surface area contributed by atoms with Crippen LogP contribution in [0.5, 0.6) is 11.5 Å². The Morgan fingerprint density at radius 1 is 1.16 bits per heavy atom. The van der Waals surface area contributed by atoms with Gasteiger partial charge in [0.2, 0.25) is 0 Å². The number of aliphatic hydroxyl groups is 1. The van der Waals surface area contributed by atoms with Crippen molar-refractivity contribution in [1.82, 2.24) is 4.90 Å². The van der Waals surface area contributed by atoms with E-state index in [1.54, 1.807) is 12.1 Å². The third-order valence-electron chi connectivity index (χ3n) is 5.20. The lowest BCUT2D eigenvalue weighted by Gasteiger charge is -2.25. The fourth-order valence-corrected chi connectivity index (χ4v) is 3.89. The number of nitrogens with zero attached hydrogens (tertiary/aromatic N) is 1. The molecule has 32 heavy (non-hydrogen) atoms. The zero-order valence-electron chi connectivity index (χ0n) is 18.7. The van der Waals surface area contributed by atoms with Crippen LogP contribution in [-0.4, -0.2) is 42.0 Å². The number of ketones is 1. The van der Waals surface area contributed by atoms with Gasteiger partial charge in [0.05, 0.1) is 30.9 Å². The summed E-state index contributed by atoms with van der Waals surface area (Å²) in [5.74, 6) is -0.246. The average Bonchev–Trinajstić information content (AvgIpc) is 3.02. The maximum Gasteiger partial charge on any atom is 0.295 e. The lowest BCUT2D eigenvalue weighted by atomic mass is 9.95. The van der Waals surface area contributed by atoms with Gasteiger partial charge in [-0.1, -0.05) is 44.5 Å². The van der Waals surface area contributed by atoms with Gasteiger partial charge in [0.25, 0.3) is 11.7 Å². The van der Waals surface area contributed by atoms with Gasteiger partial charge < -0.3 is 19.5 Å². The SMILES string of the molecule is CCCN1C(=O)C(=O)/C(=C(/O)c2cc(Cl)ccc2OC)C1c1ccc(OCC(C)C)cc1. The number of benzene rings is 2. The summed E-state index contributed by atoms with van der Waals surface area (Å²) in [7, 11) is 1.46. The standard InChI is InChI=1S/C25H28ClNO5/c1-5-12-27-22(16-6-9-18(10-7-16)32-14-15(2)3)21(24(29)25(27)30)23(28)19-13-17(26)8-11-20(19)31-4/h6-11,13,15,22,28H,5,12,14H2,1-4H3/b23-21+. The second kappa shape index (κ2) is 10.1. The van der Waals surface area contributed by atoms with Crippen LogP contribution in [0.4, 0.5) is 0 Å². The van der Waals surface area contributed by atoms with Crippen LogP contribution >= 0.6 is 11.6 Å². The summed E-state index contributed by atoms with van der Waals surface area (Å²) < 4.78 is 11.1. The zero-order valence-corrected chi connectivity index (χ0v) is 19.5. The minimum atomic E-state index is -0.733. The molecule has 1 amide bonds. The number of amides is 1. The quantitative estimate of drug-likeness (QED) is 0.334. The maximum absolute atomic E-state index is 13.0. The molecule has 1 unspecified atom stereocenters. The molecule has 1 fully saturated rings. The molecule has 0 bridgehead atoms. The van der Waals surface area contributed by atoms with Crippen molar-refractivity contribution in [2.45, 2.75) is 33.2 Å². The van der Waals surface area contributed by atoms with E-state index in [1.807, 2.05) is 31.2 Å². The average molecular weight is 458 g/mol. The molecule has 7 heteroatoms. The molecule has 170 valence electrons. The van der Waals surface area contributed by atoms with Gasteiger partial charge in [0, 0.05) is 11.6 Å². The van der Waals surface area contributed by atoms with Crippen LogP contribution < -0.4 is 9.47 Å². The summed E-state index contributed by atoms with van der Waals surface area (Å²) in [6, 6.07) is 11.3. The molecule has 0 aromatic heterocycles. The van der Waals surface area contributed by atoms with E-state index in [9.17, 15) is 14.7 Å². The monoisotopic (exact) mass is 457 g/mol. The number of hydrogen-bond donors (Lipinski definition) is 1. The second-order valence-corrected chi connectivity index (χ2v) is 8.55. The fourth-order valence-electron chi connectivity index (χ4n) is 3.72. The number of carbonyl (C=O) groups excluding carboxylic acids is 2. The van der Waals surface area contributed by atoms with Gasteiger partial charge >= 0.3 is 0 Å². The molecule has 1 N–H and O–H groups in total. The highest BCUT2D eigenvalue weighted by Gasteiger charge is 2.45. The van der Waals surface area contributed by atoms with Crippen molar-refractivity contribution in [2.75, 3.05) is 20.3 Å². The van der Waals surface area contributed by atoms with Crippen LogP contribution in [-0.2, 0) is 9.59 Å². The first-order chi connectivity index (χ1) is 15.3. The normalized spacial score (nSPS) is 17.8. The Balaban J connectivity index is 2.11. The molecule has 2 aromatic carbocycles. The molecule has 1 aliphatic rings. The molecule has 0 radical (unpaired) electrons. The summed E-state index contributed by atoms with van der Waals surface area (Å²) in [5, 5.41) is 11.6. The van der Waals surface area contributed by atoms with E-state index in [-0.39, 0.29) is 16.9 Å². The Morgan fingerprint density at radius 2 is 1.84 bits per heavy atom. The molecule has 2 aromatic rings. The van der Waals surface area contributed by atoms with E-state index >= 15 is 0 Å². The lowest BCUT2D eigenvalue weighted by Crippen LogP contribution is -2.30. The van der Waals surface area contributed by atoms with Crippen molar-refractivity contribution in [3.8, 4) is 11.5 Å². The molecular formula is C25H28ClNO5. The Morgan fingerprint density at radius 3 is 2.44 bits per heavy atom. The molecule has 0 spiro atoms. The Hall–Kier alpha value is -2.99. The van der Waals surface area contributed by atoms with Crippen LogP contribution in [0.1, 0.15) is 44.4 Å². The predicted molar refractivity (Wildman–Crippen MR) is 124 cm³/mol. The largest absolute Gasteiger partial charge is 0.507 e. The van der Waals surface area contributed by atoms with E-state index in [0.29, 0.717) is 47.6 Å². The minimum Gasteiger partial charge on any atom is -0.507 e. The summed E-state index contributed by atoms with van der Waals surface area (Å²) in [6.07, 6.45) is 0.666. The van der Waals surface area contributed by atoms with Crippen LogP contribution in [0.2, 0.25) is 5.02 Å². The molecule has 0 aliphatic carbocycles. The molecule has 6 nitrogen and oxygen atoms in total. The van der Waals surface area contributed by atoms with Crippen molar-refractivity contribution in [1.29, 1.82) is 0 Å². The van der Waals surface area contributed by atoms with Crippen molar-refractivity contribution in [3.63, 3.8) is 0 Å². The molecule has 1 saturated heterocycles. The van der Waals surface area contributed by atoms with E-state index in [2.05, 4.69) is 13.8 Å². The van der Waals surface area contributed by atoms with E-state index in [1.165, 1.54) is 18.1 Å². The van der Waals surface area contributed by atoms with Crippen LogP contribution in [0.3, 0.4) is 0 Å². The van der Waals surface area contributed by atoms with Crippen molar-refractivity contribution in [3.05, 3.63) is 64.2 Å². The van der Waals surface area contributed by atoms with E-state index < -0.39 is 17.7 Å². The summed E-state index contributed by atoms with van der Waals surface area (Å²) >= 11 is 6.13. The minimum absolute atomic E-state index is 0.0138. The number of aliphatic hydroxyl groups excluding tert-OH is 1. The number of rotatable bonds is 8. The molecule has 1 atom stereocenters. The van der Waals surface area contributed by atoms with Gasteiger partial charge in [-0.3, -0.25) is 9.59 Å². The van der Waals surface area contributed by atoms with Crippen LogP contribution in [0.15, 0.2) is 48.0 Å². The number of methoxy groups -OCH3 is 1. The van der Waals surface area contributed by atoms with Crippen molar-refractivity contribution >= 4 is 29.1 Å².